The van der Waals surface area contributed by atoms with Gasteiger partial charge in [0.15, 0.2) is 0 Å². The van der Waals surface area contributed by atoms with E-state index in [1.165, 1.54) is 19.3 Å². The van der Waals surface area contributed by atoms with Crippen molar-refractivity contribution in [3.63, 3.8) is 0 Å². The molecule has 2 saturated heterocycles. The van der Waals surface area contributed by atoms with Crippen LogP contribution in [0.2, 0.25) is 0 Å². The molecule has 0 amide bonds. The Morgan fingerprint density at radius 3 is 2.84 bits per heavy atom. The van der Waals surface area contributed by atoms with Crippen molar-refractivity contribution in [3.05, 3.63) is 0 Å². The second-order valence-corrected chi connectivity index (χ2v) is 6.13. The van der Waals surface area contributed by atoms with Crippen LogP contribution in [0.5, 0.6) is 0 Å². The quantitative estimate of drug-likeness (QED) is 0.782. The maximum atomic E-state index is 5.96. The van der Waals surface area contributed by atoms with Crippen molar-refractivity contribution in [1.82, 2.24) is 4.90 Å². The van der Waals surface area contributed by atoms with Gasteiger partial charge in [-0.2, -0.15) is 0 Å². The predicted molar refractivity (Wildman–Crippen MR) is 73.3 cm³/mol. The number of ether oxygens (including phenoxy) is 3. The van der Waals surface area contributed by atoms with E-state index in [1.807, 2.05) is 7.11 Å². The third-order valence-electron chi connectivity index (χ3n) is 4.93. The topological polar surface area (TPSA) is 30.9 Å². The van der Waals surface area contributed by atoms with Crippen molar-refractivity contribution in [2.75, 3.05) is 33.4 Å². The lowest BCUT2D eigenvalue weighted by Crippen LogP contribution is -2.56. The molecule has 0 N–H and O–H groups in total. The van der Waals surface area contributed by atoms with E-state index in [2.05, 4.69) is 4.90 Å². The van der Waals surface area contributed by atoms with E-state index in [0.717, 1.165) is 45.6 Å². The minimum Gasteiger partial charge on any atom is -0.381 e. The first-order valence-electron chi connectivity index (χ1n) is 7.87. The van der Waals surface area contributed by atoms with Gasteiger partial charge in [0.05, 0.1) is 24.9 Å². The van der Waals surface area contributed by atoms with Gasteiger partial charge in [-0.15, -0.1) is 0 Å². The number of hydrogen-bond donors (Lipinski definition) is 0. The predicted octanol–water partition coefficient (Wildman–Crippen LogP) is 1.82. The van der Waals surface area contributed by atoms with Crippen LogP contribution in [-0.4, -0.2) is 62.7 Å². The van der Waals surface area contributed by atoms with Crippen molar-refractivity contribution >= 4 is 0 Å². The first-order chi connectivity index (χ1) is 9.36. The average molecular weight is 269 g/mol. The molecule has 110 valence electrons. The largest absolute Gasteiger partial charge is 0.381 e. The van der Waals surface area contributed by atoms with Crippen LogP contribution in [-0.2, 0) is 14.2 Å². The van der Waals surface area contributed by atoms with Crippen LogP contribution >= 0.6 is 0 Å². The summed E-state index contributed by atoms with van der Waals surface area (Å²) < 4.78 is 17.4. The second-order valence-electron chi connectivity index (χ2n) is 6.13. The second kappa shape index (κ2) is 6.53. The lowest BCUT2D eigenvalue weighted by Gasteiger charge is -2.46. The van der Waals surface area contributed by atoms with Crippen LogP contribution in [0.3, 0.4) is 0 Å². The van der Waals surface area contributed by atoms with Crippen LogP contribution < -0.4 is 0 Å². The molecular weight excluding hydrogens is 242 g/mol. The molecule has 3 aliphatic rings. The standard InChI is InChI=1S/C15H27NO3/c1-17-12-5-6-15-14(10-12)16(7-9-19-15)11-13-4-2-3-8-18-13/h12-15H,2-11H2,1H3/t12-,13+,14-,15+/m1/s1. The number of morpholine rings is 1. The minimum atomic E-state index is 0.415. The zero-order chi connectivity index (χ0) is 13.1. The summed E-state index contributed by atoms with van der Waals surface area (Å²) in [4.78, 5) is 2.61. The molecule has 0 aromatic rings. The molecule has 0 bridgehead atoms. The van der Waals surface area contributed by atoms with Gasteiger partial charge in [-0.1, -0.05) is 0 Å². The van der Waals surface area contributed by atoms with E-state index in [9.17, 15) is 0 Å². The van der Waals surface area contributed by atoms with Crippen molar-refractivity contribution in [2.45, 2.75) is 62.9 Å². The number of fused-ring (bicyclic) bond motifs is 1. The third-order valence-corrected chi connectivity index (χ3v) is 4.93. The van der Waals surface area contributed by atoms with Gasteiger partial charge in [-0.25, -0.2) is 0 Å². The Kier molecular flexibility index (Phi) is 4.74. The molecule has 4 atom stereocenters. The molecule has 0 radical (unpaired) electrons. The van der Waals surface area contributed by atoms with Crippen LogP contribution in [0.15, 0.2) is 0 Å². The maximum Gasteiger partial charge on any atom is 0.0732 e. The summed E-state index contributed by atoms with van der Waals surface area (Å²) in [6, 6.07) is 0.540. The van der Waals surface area contributed by atoms with E-state index >= 15 is 0 Å². The molecule has 1 saturated carbocycles. The average Bonchev–Trinajstić information content (AvgIpc) is 2.48. The first-order valence-corrected chi connectivity index (χ1v) is 7.87. The highest BCUT2D eigenvalue weighted by molar-refractivity contribution is 4.91. The molecule has 0 unspecified atom stereocenters. The zero-order valence-corrected chi connectivity index (χ0v) is 12.1. The molecule has 2 aliphatic heterocycles. The number of methoxy groups -OCH3 is 1. The lowest BCUT2D eigenvalue weighted by molar-refractivity contribution is -0.126. The Labute approximate surface area is 116 Å². The Balaban J connectivity index is 1.59. The third kappa shape index (κ3) is 3.30. The van der Waals surface area contributed by atoms with Gasteiger partial charge in [0, 0.05) is 32.8 Å². The van der Waals surface area contributed by atoms with Gasteiger partial charge in [0.25, 0.3) is 0 Å². The zero-order valence-electron chi connectivity index (χ0n) is 12.1. The Morgan fingerprint density at radius 2 is 2.05 bits per heavy atom. The van der Waals surface area contributed by atoms with Crippen molar-refractivity contribution in [3.8, 4) is 0 Å². The van der Waals surface area contributed by atoms with Crippen molar-refractivity contribution < 1.29 is 14.2 Å². The van der Waals surface area contributed by atoms with Crippen LogP contribution in [0, 0.1) is 0 Å². The molecular formula is C15H27NO3. The molecule has 4 heteroatoms. The SMILES string of the molecule is CO[C@@H]1CC[C@@H]2OCCN(C[C@@H]3CCCCO3)[C@@H]2C1. The molecule has 0 aromatic carbocycles. The molecule has 19 heavy (non-hydrogen) atoms. The Hall–Kier alpha value is -0.160. The van der Waals surface area contributed by atoms with Gasteiger partial charge in [-0.3, -0.25) is 4.90 Å². The van der Waals surface area contributed by atoms with Crippen LogP contribution in [0.25, 0.3) is 0 Å². The highest BCUT2D eigenvalue weighted by Crippen LogP contribution is 2.30. The van der Waals surface area contributed by atoms with Gasteiger partial charge < -0.3 is 14.2 Å². The summed E-state index contributed by atoms with van der Waals surface area (Å²) in [5.74, 6) is 0. The monoisotopic (exact) mass is 269 g/mol. The summed E-state index contributed by atoms with van der Waals surface area (Å²) >= 11 is 0. The van der Waals surface area contributed by atoms with E-state index in [4.69, 9.17) is 14.2 Å². The molecule has 4 nitrogen and oxygen atoms in total. The Morgan fingerprint density at radius 1 is 1.11 bits per heavy atom. The highest BCUT2D eigenvalue weighted by atomic mass is 16.5. The van der Waals surface area contributed by atoms with Gasteiger partial charge in [-0.05, 0) is 38.5 Å². The van der Waals surface area contributed by atoms with Crippen molar-refractivity contribution in [2.24, 2.45) is 0 Å². The van der Waals surface area contributed by atoms with E-state index in [-0.39, 0.29) is 0 Å². The number of rotatable bonds is 3. The van der Waals surface area contributed by atoms with E-state index in [1.54, 1.807) is 0 Å². The van der Waals surface area contributed by atoms with Gasteiger partial charge in [0.2, 0.25) is 0 Å². The molecule has 3 rings (SSSR count). The van der Waals surface area contributed by atoms with Crippen LogP contribution in [0.1, 0.15) is 38.5 Å². The fraction of sp³-hybridized carbons (Fsp3) is 1.00. The Bertz CT molecular complexity index is 281. The van der Waals surface area contributed by atoms with Gasteiger partial charge in [0.1, 0.15) is 0 Å². The summed E-state index contributed by atoms with van der Waals surface area (Å²) in [6.07, 6.45) is 8.46. The molecule has 0 aromatic heterocycles. The number of nitrogens with zero attached hydrogens (tertiary/aromatic N) is 1. The summed E-state index contributed by atoms with van der Waals surface area (Å²) in [7, 11) is 1.84. The fourth-order valence-electron chi connectivity index (χ4n) is 3.80. The summed E-state index contributed by atoms with van der Waals surface area (Å²) in [5.41, 5.74) is 0. The summed E-state index contributed by atoms with van der Waals surface area (Å²) in [5, 5.41) is 0. The smallest absolute Gasteiger partial charge is 0.0732 e. The van der Waals surface area contributed by atoms with Crippen LogP contribution in [0.4, 0.5) is 0 Å². The minimum absolute atomic E-state index is 0.415. The molecule has 0 spiro atoms. The van der Waals surface area contributed by atoms with E-state index < -0.39 is 0 Å². The fourth-order valence-corrected chi connectivity index (χ4v) is 3.80. The van der Waals surface area contributed by atoms with Gasteiger partial charge >= 0.3 is 0 Å². The normalized spacial score (nSPS) is 40.9. The highest BCUT2D eigenvalue weighted by Gasteiger charge is 2.38. The van der Waals surface area contributed by atoms with Crippen molar-refractivity contribution in [1.29, 1.82) is 0 Å². The maximum absolute atomic E-state index is 5.96. The molecule has 2 heterocycles. The van der Waals surface area contributed by atoms with E-state index in [0.29, 0.717) is 24.4 Å². The first kappa shape index (κ1) is 13.8. The number of hydrogen-bond acceptors (Lipinski definition) is 4. The molecule has 1 aliphatic carbocycles. The molecule has 3 fully saturated rings. The lowest BCUT2D eigenvalue weighted by atomic mass is 9.87. The summed E-state index contributed by atoms with van der Waals surface area (Å²) in [6.45, 7) is 3.97.